The Morgan fingerprint density at radius 2 is 1.82 bits per heavy atom. The zero-order chi connectivity index (χ0) is 15.2. The fraction of sp³-hybridized carbons (Fsp3) is 0.111. The fourth-order valence-corrected chi connectivity index (χ4v) is 2.27. The molecule has 0 spiro atoms. The molecule has 4 nitrogen and oxygen atoms in total. The van der Waals surface area contributed by atoms with Crippen molar-refractivity contribution < 1.29 is 4.79 Å². The maximum absolute atomic E-state index is 12.1. The van der Waals surface area contributed by atoms with Gasteiger partial charge in [0.25, 0.3) is 5.91 Å². The van der Waals surface area contributed by atoms with Crippen molar-refractivity contribution in [1.82, 2.24) is 15.3 Å². The molecule has 0 unspecified atom stereocenters. The molecule has 0 aliphatic carbocycles. The number of hydrogen-bond donors (Lipinski definition) is 2. The summed E-state index contributed by atoms with van der Waals surface area (Å²) in [5.74, 6) is 0.748. The van der Waals surface area contributed by atoms with Gasteiger partial charge in [-0.25, -0.2) is 4.98 Å². The molecule has 0 bridgehead atoms. The third-order valence-electron chi connectivity index (χ3n) is 3.46. The van der Waals surface area contributed by atoms with Gasteiger partial charge in [-0.1, -0.05) is 42.5 Å². The lowest BCUT2D eigenvalue weighted by Crippen LogP contribution is -2.25. The highest BCUT2D eigenvalue weighted by Crippen LogP contribution is 2.14. The van der Waals surface area contributed by atoms with E-state index in [-0.39, 0.29) is 5.91 Å². The van der Waals surface area contributed by atoms with Gasteiger partial charge in [0.15, 0.2) is 0 Å². The number of aromatic amines is 1. The zero-order valence-electron chi connectivity index (χ0n) is 12.1. The van der Waals surface area contributed by atoms with Crippen LogP contribution >= 0.6 is 0 Å². The Bertz CT molecular complexity index is 719. The van der Waals surface area contributed by atoms with Crippen LogP contribution in [0.2, 0.25) is 0 Å². The van der Waals surface area contributed by atoms with E-state index in [2.05, 4.69) is 27.4 Å². The summed E-state index contributed by atoms with van der Waals surface area (Å²) >= 11 is 0. The molecule has 0 saturated heterocycles. The number of nitrogens with one attached hydrogen (secondary N) is 2. The highest BCUT2D eigenvalue weighted by atomic mass is 16.1. The van der Waals surface area contributed by atoms with E-state index < -0.39 is 0 Å². The van der Waals surface area contributed by atoms with E-state index in [4.69, 9.17) is 0 Å². The number of carbonyl (C=O) groups excluding carboxylic acids is 1. The summed E-state index contributed by atoms with van der Waals surface area (Å²) in [5.41, 5.74) is 2.84. The Hall–Kier alpha value is -2.88. The van der Waals surface area contributed by atoms with Crippen LogP contribution in [0.25, 0.3) is 11.4 Å². The molecule has 110 valence electrons. The molecule has 3 rings (SSSR count). The molecule has 2 aromatic carbocycles. The van der Waals surface area contributed by atoms with Crippen LogP contribution in [0.15, 0.2) is 67.0 Å². The van der Waals surface area contributed by atoms with Gasteiger partial charge in [0.1, 0.15) is 5.82 Å². The third kappa shape index (κ3) is 3.41. The first kappa shape index (κ1) is 14.1. The largest absolute Gasteiger partial charge is 0.352 e. The standard InChI is InChI=1S/C18H17N3O/c22-18(21-11-10-14-4-2-1-3-5-14)16-8-6-15(7-9-16)17-19-12-13-20-17/h1-9,12-13H,10-11H2,(H,19,20)(H,21,22). The van der Waals surface area contributed by atoms with E-state index in [1.165, 1.54) is 5.56 Å². The van der Waals surface area contributed by atoms with Crippen molar-refractivity contribution in [3.63, 3.8) is 0 Å². The summed E-state index contributed by atoms with van der Waals surface area (Å²) in [6.07, 6.45) is 4.32. The molecular formula is C18H17N3O. The lowest BCUT2D eigenvalue weighted by atomic mass is 10.1. The van der Waals surface area contributed by atoms with Crippen molar-refractivity contribution in [3.05, 3.63) is 78.1 Å². The first-order valence-corrected chi connectivity index (χ1v) is 7.25. The summed E-state index contributed by atoms with van der Waals surface area (Å²) in [4.78, 5) is 19.3. The molecule has 3 aromatic rings. The van der Waals surface area contributed by atoms with Gasteiger partial charge in [0, 0.05) is 30.1 Å². The Morgan fingerprint density at radius 3 is 2.50 bits per heavy atom. The summed E-state index contributed by atoms with van der Waals surface area (Å²) in [6, 6.07) is 17.5. The Balaban J connectivity index is 1.56. The van der Waals surface area contributed by atoms with Crippen molar-refractivity contribution in [2.45, 2.75) is 6.42 Å². The van der Waals surface area contributed by atoms with Gasteiger partial charge in [-0.2, -0.15) is 0 Å². The molecule has 22 heavy (non-hydrogen) atoms. The van der Waals surface area contributed by atoms with E-state index in [1.807, 2.05) is 42.5 Å². The normalized spacial score (nSPS) is 10.4. The van der Waals surface area contributed by atoms with Crippen molar-refractivity contribution in [2.24, 2.45) is 0 Å². The number of H-pyrrole nitrogens is 1. The highest BCUT2D eigenvalue weighted by molar-refractivity contribution is 5.94. The summed E-state index contributed by atoms with van der Waals surface area (Å²) in [5, 5.41) is 2.94. The molecule has 0 fully saturated rings. The SMILES string of the molecule is O=C(NCCc1ccccc1)c1ccc(-c2ncc[nH]2)cc1. The Kier molecular flexibility index (Phi) is 4.30. The van der Waals surface area contributed by atoms with Gasteiger partial charge in [-0.05, 0) is 24.1 Å². The van der Waals surface area contributed by atoms with Crippen molar-refractivity contribution >= 4 is 5.91 Å². The van der Waals surface area contributed by atoms with E-state index >= 15 is 0 Å². The lowest BCUT2D eigenvalue weighted by molar-refractivity contribution is 0.0954. The van der Waals surface area contributed by atoms with Gasteiger partial charge in [0.2, 0.25) is 0 Å². The van der Waals surface area contributed by atoms with Gasteiger partial charge in [0.05, 0.1) is 0 Å². The minimum absolute atomic E-state index is 0.0538. The first-order valence-electron chi connectivity index (χ1n) is 7.25. The van der Waals surface area contributed by atoms with Crippen LogP contribution in [0.3, 0.4) is 0 Å². The van der Waals surface area contributed by atoms with E-state index in [0.29, 0.717) is 12.1 Å². The molecule has 1 amide bonds. The van der Waals surface area contributed by atoms with Crippen LogP contribution in [-0.4, -0.2) is 22.4 Å². The molecule has 4 heteroatoms. The molecule has 2 N–H and O–H groups in total. The Labute approximate surface area is 129 Å². The van der Waals surface area contributed by atoms with Crippen molar-refractivity contribution in [3.8, 4) is 11.4 Å². The van der Waals surface area contributed by atoms with Crippen LogP contribution in [0.5, 0.6) is 0 Å². The number of imidazole rings is 1. The number of hydrogen-bond acceptors (Lipinski definition) is 2. The number of nitrogens with zero attached hydrogens (tertiary/aromatic N) is 1. The van der Waals surface area contributed by atoms with Gasteiger partial charge in [-0.15, -0.1) is 0 Å². The van der Waals surface area contributed by atoms with Gasteiger partial charge >= 0.3 is 0 Å². The second-order valence-electron chi connectivity index (χ2n) is 5.01. The van der Waals surface area contributed by atoms with E-state index in [9.17, 15) is 4.79 Å². The molecule has 0 aliphatic rings. The predicted octanol–water partition coefficient (Wildman–Crippen LogP) is 3.05. The van der Waals surface area contributed by atoms with Crippen LogP contribution < -0.4 is 5.32 Å². The van der Waals surface area contributed by atoms with Crippen LogP contribution in [0.4, 0.5) is 0 Å². The van der Waals surface area contributed by atoms with Crippen molar-refractivity contribution in [2.75, 3.05) is 6.54 Å². The van der Waals surface area contributed by atoms with Crippen LogP contribution in [-0.2, 0) is 6.42 Å². The number of aromatic nitrogens is 2. The monoisotopic (exact) mass is 291 g/mol. The molecular weight excluding hydrogens is 274 g/mol. The van der Waals surface area contributed by atoms with E-state index in [1.54, 1.807) is 12.4 Å². The quantitative estimate of drug-likeness (QED) is 0.759. The molecule has 0 atom stereocenters. The minimum Gasteiger partial charge on any atom is -0.352 e. The Morgan fingerprint density at radius 1 is 1.05 bits per heavy atom. The number of amides is 1. The molecule has 0 radical (unpaired) electrons. The first-order chi connectivity index (χ1) is 10.8. The second-order valence-corrected chi connectivity index (χ2v) is 5.01. The van der Waals surface area contributed by atoms with Gasteiger partial charge in [-0.3, -0.25) is 4.79 Å². The summed E-state index contributed by atoms with van der Waals surface area (Å²) < 4.78 is 0. The van der Waals surface area contributed by atoms with Crippen LogP contribution in [0, 0.1) is 0 Å². The number of rotatable bonds is 5. The maximum atomic E-state index is 12.1. The lowest BCUT2D eigenvalue weighted by Gasteiger charge is -2.06. The number of benzene rings is 2. The average molecular weight is 291 g/mol. The molecule has 1 heterocycles. The smallest absolute Gasteiger partial charge is 0.251 e. The van der Waals surface area contributed by atoms with Gasteiger partial charge < -0.3 is 10.3 Å². The molecule has 0 saturated carbocycles. The maximum Gasteiger partial charge on any atom is 0.251 e. The van der Waals surface area contributed by atoms with Crippen molar-refractivity contribution in [1.29, 1.82) is 0 Å². The van der Waals surface area contributed by atoms with Crippen LogP contribution in [0.1, 0.15) is 15.9 Å². The average Bonchev–Trinajstić information content (AvgIpc) is 3.10. The predicted molar refractivity (Wildman–Crippen MR) is 86.5 cm³/mol. The number of carbonyl (C=O) groups is 1. The fourth-order valence-electron chi connectivity index (χ4n) is 2.27. The topological polar surface area (TPSA) is 57.8 Å². The second kappa shape index (κ2) is 6.72. The zero-order valence-corrected chi connectivity index (χ0v) is 12.1. The highest BCUT2D eigenvalue weighted by Gasteiger charge is 2.06. The van der Waals surface area contributed by atoms with E-state index in [0.717, 1.165) is 17.8 Å². The summed E-state index contributed by atoms with van der Waals surface area (Å²) in [6.45, 7) is 0.628. The third-order valence-corrected chi connectivity index (χ3v) is 3.46. The molecule has 1 aromatic heterocycles. The minimum atomic E-state index is -0.0538. The summed E-state index contributed by atoms with van der Waals surface area (Å²) in [7, 11) is 0. The molecule has 0 aliphatic heterocycles.